The zero-order valence-corrected chi connectivity index (χ0v) is 13.6. The Balaban J connectivity index is 2.00. The van der Waals surface area contributed by atoms with Gasteiger partial charge in [-0.15, -0.1) is 0 Å². The van der Waals surface area contributed by atoms with E-state index in [9.17, 15) is 8.42 Å². The van der Waals surface area contributed by atoms with Gasteiger partial charge >= 0.3 is 0 Å². The number of hydrogen-bond acceptors (Lipinski definition) is 4. The molecule has 0 spiro atoms. The van der Waals surface area contributed by atoms with Crippen molar-refractivity contribution in [2.24, 2.45) is 11.1 Å². The second-order valence-corrected chi connectivity index (χ2v) is 7.66. The number of thiocarbonyl (C=S) groups is 1. The summed E-state index contributed by atoms with van der Waals surface area (Å²) in [5, 5.41) is 0. The third kappa shape index (κ3) is 4.23. The fourth-order valence-corrected chi connectivity index (χ4v) is 3.43. The molecule has 7 heteroatoms. The molecule has 21 heavy (non-hydrogen) atoms. The summed E-state index contributed by atoms with van der Waals surface area (Å²) in [6.07, 6.45) is 2.96. The first-order valence-electron chi connectivity index (χ1n) is 6.77. The summed E-state index contributed by atoms with van der Waals surface area (Å²) in [4.78, 5) is 0.480. The molecule has 1 aromatic carbocycles. The van der Waals surface area contributed by atoms with E-state index in [0.717, 1.165) is 19.3 Å². The van der Waals surface area contributed by atoms with Crippen LogP contribution >= 0.6 is 12.2 Å². The van der Waals surface area contributed by atoms with E-state index in [1.165, 1.54) is 12.1 Å². The van der Waals surface area contributed by atoms with Crippen LogP contribution in [0.15, 0.2) is 29.2 Å². The summed E-state index contributed by atoms with van der Waals surface area (Å²) >= 11 is 4.85. The average Bonchev–Trinajstić information content (AvgIpc) is 3.24. The maximum atomic E-state index is 12.3. The van der Waals surface area contributed by atoms with Gasteiger partial charge in [-0.2, -0.15) is 0 Å². The highest BCUT2D eigenvalue weighted by molar-refractivity contribution is 7.89. The number of ether oxygens (including phenoxy) is 1. The standard InChI is InChI=1S/C14H20N2O3S2/c1-19-9-8-14(6-7-14)10-16-21(17,18)12-4-2-11(3-5-12)13(15)20/h2-5,16H,6-10H2,1H3,(H2,15,20). The van der Waals surface area contributed by atoms with Crippen LogP contribution in [0.25, 0.3) is 0 Å². The van der Waals surface area contributed by atoms with Crippen LogP contribution in [-0.4, -0.2) is 33.7 Å². The number of methoxy groups -OCH3 is 1. The average molecular weight is 328 g/mol. The summed E-state index contributed by atoms with van der Waals surface area (Å²) in [5.74, 6) is 0. The Hall–Kier alpha value is -1.02. The fraction of sp³-hybridized carbons (Fsp3) is 0.500. The molecule has 0 heterocycles. The summed E-state index contributed by atoms with van der Waals surface area (Å²) in [6.45, 7) is 1.11. The second kappa shape index (κ2) is 6.39. The SMILES string of the molecule is COCCC1(CNS(=O)(=O)c2ccc(C(N)=S)cc2)CC1. The van der Waals surface area contributed by atoms with E-state index >= 15 is 0 Å². The lowest BCUT2D eigenvalue weighted by Gasteiger charge is -2.15. The Kier molecular flexibility index (Phi) is 4.98. The highest BCUT2D eigenvalue weighted by atomic mass is 32.2. The molecule has 0 unspecified atom stereocenters. The Labute approximate surface area is 130 Å². The summed E-state index contributed by atoms with van der Waals surface area (Å²) in [5.41, 5.74) is 6.22. The molecule has 2 rings (SSSR count). The molecular weight excluding hydrogens is 308 g/mol. The van der Waals surface area contributed by atoms with Gasteiger partial charge in [-0.3, -0.25) is 0 Å². The Morgan fingerprint density at radius 2 is 2.00 bits per heavy atom. The molecule has 0 radical (unpaired) electrons. The van der Waals surface area contributed by atoms with Gasteiger partial charge in [0.25, 0.3) is 0 Å². The molecule has 0 aliphatic heterocycles. The van der Waals surface area contributed by atoms with Gasteiger partial charge in [0.05, 0.1) is 4.90 Å². The van der Waals surface area contributed by atoms with Crippen LogP contribution in [0, 0.1) is 5.41 Å². The van der Waals surface area contributed by atoms with Crippen molar-refractivity contribution in [2.45, 2.75) is 24.2 Å². The minimum atomic E-state index is -3.50. The number of sulfonamides is 1. The molecule has 0 amide bonds. The molecule has 5 nitrogen and oxygen atoms in total. The van der Waals surface area contributed by atoms with Gasteiger partial charge in [-0.05, 0) is 36.8 Å². The van der Waals surface area contributed by atoms with Crippen LogP contribution in [0.2, 0.25) is 0 Å². The number of hydrogen-bond donors (Lipinski definition) is 2. The Morgan fingerprint density at radius 1 is 1.38 bits per heavy atom. The normalized spacial score (nSPS) is 16.6. The maximum Gasteiger partial charge on any atom is 0.240 e. The van der Waals surface area contributed by atoms with Gasteiger partial charge in [0.2, 0.25) is 10.0 Å². The lowest BCUT2D eigenvalue weighted by atomic mass is 10.0. The van der Waals surface area contributed by atoms with Crippen molar-refractivity contribution in [1.82, 2.24) is 4.72 Å². The summed E-state index contributed by atoms with van der Waals surface area (Å²) in [6, 6.07) is 6.28. The monoisotopic (exact) mass is 328 g/mol. The molecule has 0 bridgehead atoms. The van der Waals surface area contributed by atoms with E-state index in [0.29, 0.717) is 18.7 Å². The highest BCUT2D eigenvalue weighted by Gasteiger charge is 2.42. The van der Waals surface area contributed by atoms with Crippen LogP contribution in [-0.2, 0) is 14.8 Å². The van der Waals surface area contributed by atoms with E-state index in [4.69, 9.17) is 22.7 Å². The number of rotatable bonds is 8. The lowest BCUT2D eigenvalue weighted by Crippen LogP contribution is -2.31. The van der Waals surface area contributed by atoms with E-state index in [1.807, 2.05) is 0 Å². The van der Waals surface area contributed by atoms with E-state index in [-0.39, 0.29) is 15.3 Å². The minimum absolute atomic E-state index is 0.0713. The topological polar surface area (TPSA) is 81.4 Å². The molecule has 0 aromatic heterocycles. The number of nitrogens with one attached hydrogen (secondary N) is 1. The molecule has 1 aromatic rings. The number of nitrogens with two attached hydrogens (primary N) is 1. The highest BCUT2D eigenvalue weighted by Crippen LogP contribution is 2.48. The zero-order chi connectivity index (χ0) is 15.5. The lowest BCUT2D eigenvalue weighted by molar-refractivity contribution is 0.173. The zero-order valence-electron chi connectivity index (χ0n) is 12.0. The molecule has 1 fully saturated rings. The molecule has 0 saturated heterocycles. The Bertz CT molecular complexity index is 608. The van der Waals surface area contributed by atoms with Gasteiger partial charge in [-0.1, -0.05) is 24.4 Å². The van der Waals surface area contributed by atoms with Crippen molar-refractivity contribution in [3.8, 4) is 0 Å². The number of benzene rings is 1. The van der Waals surface area contributed by atoms with Crippen molar-refractivity contribution >= 4 is 27.2 Å². The van der Waals surface area contributed by atoms with Crippen molar-refractivity contribution in [3.05, 3.63) is 29.8 Å². The first-order chi connectivity index (χ1) is 9.88. The van der Waals surface area contributed by atoms with Gasteiger partial charge in [-0.25, -0.2) is 13.1 Å². The van der Waals surface area contributed by atoms with Crippen LogP contribution in [0.4, 0.5) is 0 Å². The van der Waals surface area contributed by atoms with Crippen LogP contribution < -0.4 is 10.5 Å². The third-order valence-electron chi connectivity index (χ3n) is 3.88. The first-order valence-corrected chi connectivity index (χ1v) is 8.66. The Morgan fingerprint density at radius 3 is 2.48 bits per heavy atom. The van der Waals surface area contributed by atoms with Crippen LogP contribution in [0.3, 0.4) is 0 Å². The molecule has 1 saturated carbocycles. The largest absolute Gasteiger partial charge is 0.389 e. The molecule has 3 N–H and O–H groups in total. The first kappa shape index (κ1) is 16.4. The van der Waals surface area contributed by atoms with Crippen molar-refractivity contribution < 1.29 is 13.2 Å². The summed E-state index contributed by atoms with van der Waals surface area (Å²) in [7, 11) is -1.84. The predicted octanol–water partition coefficient (Wildman–Crippen LogP) is 1.42. The van der Waals surface area contributed by atoms with E-state index in [1.54, 1.807) is 19.2 Å². The smallest absolute Gasteiger partial charge is 0.240 e. The van der Waals surface area contributed by atoms with Gasteiger partial charge in [0.1, 0.15) is 4.99 Å². The van der Waals surface area contributed by atoms with Crippen molar-refractivity contribution in [3.63, 3.8) is 0 Å². The predicted molar refractivity (Wildman–Crippen MR) is 85.7 cm³/mol. The van der Waals surface area contributed by atoms with Gasteiger partial charge in [0, 0.05) is 25.8 Å². The third-order valence-corrected chi connectivity index (χ3v) is 5.53. The van der Waals surface area contributed by atoms with Crippen LogP contribution in [0.5, 0.6) is 0 Å². The van der Waals surface area contributed by atoms with E-state index in [2.05, 4.69) is 4.72 Å². The quantitative estimate of drug-likeness (QED) is 0.705. The molecule has 116 valence electrons. The van der Waals surface area contributed by atoms with Gasteiger partial charge < -0.3 is 10.5 Å². The minimum Gasteiger partial charge on any atom is -0.389 e. The molecule has 0 atom stereocenters. The van der Waals surface area contributed by atoms with Crippen molar-refractivity contribution in [1.29, 1.82) is 0 Å². The maximum absolute atomic E-state index is 12.3. The molecule has 1 aliphatic rings. The van der Waals surface area contributed by atoms with Gasteiger partial charge in [0.15, 0.2) is 0 Å². The molecule has 1 aliphatic carbocycles. The fourth-order valence-electron chi connectivity index (χ4n) is 2.14. The van der Waals surface area contributed by atoms with E-state index < -0.39 is 10.0 Å². The van der Waals surface area contributed by atoms with Crippen molar-refractivity contribution in [2.75, 3.05) is 20.3 Å². The second-order valence-electron chi connectivity index (χ2n) is 5.46. The molecular formula is C14H20N2O3S2. The van der Waals surface area contributed by atoms with Crippen LogP contribution in [0.1, 0.15) is 24.8 Å². The summed E-state index contributed by atoms with van der Waals surface area (Å²) < 4.78 is 32.3.